The van der Waals surface area contributed by atoms with Crippen molar-refractivity contribution in [2.75, 3.05) is 18.9 Å². The molecule has 0 aliphatic heterocycles. The van der Waals surface area contributed by atoms with Crippen molar-refractivity contribution in [1.29, 1.82) is 0 Å². The monoisotopic (exact) mass is 378 g/mol. The van der Waals surface area contributed by atoms with Gasteiger partial charge in [-0.15, -0.1) is 0 Å². The lowest BCUT2D eigenvalue weighted by Gasteiger charge is -2.13. The average molecular weight is 379 g/mol. The number of aryl methyl sites for hydroxylation is 1. The molecule has 7 heteroatoms. The molecule has 0 radical (unpaired) electrons. The summed E-state index contributed by atoms with van der Waals surface area (Å²) in [5, 5.41) is 2.78. The van der Waals surface area contributed by atoms with Crippen molar-refractivity contribution in [2.24, 2.45) is 0 Å². The van der Waals surface area contributed by atoms with Crippen LogP contribution in [0.15, 0.2) is 22.7 Å². The standard InChI is InChI=1S/C16H19BrN4O2/c1-4-19-15(22)13-9(3)20-16(18)21-14(13)10-6-7-12(23-5-2)11(17)8-10/h6-8H,4-5H2,1-3H3,(H,19,22)(H2,18,20,21). The third-order valence-corrected chi connectivity index (χ3v) is 3.80. The number of anilines is 1. The Morgan fingerprint density at radius 3 is 2.70 bits per heavy atom. The number of ether oxygens (including phenoxy) is 1. The lowest BCUT2D eigenvalue weighted by atomic mass is 10.0. The van der Waals surface area contributed by atoms with E-state index in [9.17, 15) is 4.79 Å². The second kappa shape index (κ2) is 7.41. The molecule has 3 N–H and O–H groups in total. The Morgan fingerprint density at radius 1 is 1.35 bits per heavy atom. The van der Waals surface area contributed by atoms with Gasteiger partial charge in [-0.2, -0.15) is 0 Å². The molecule has 1 amide bonds. The van der Waals surface area contributed by atoms with E-state index in [4.69, 9.17) is 10.5 Å². The Hall–Kier alpha value is -2.15. The van der Waals surface area contributed by atoms with Crippen LogP contribution in [0.25, 0.3) is 11.3 Å². The van der Waals surface area contributed by atoms with Crippen molar-refractivity contribution < 1.29 is 9.53 Å². The van der Waals surface area contributed by atoms with Gasteiger partial charge in [0.1, 0.15) is 5.75 Å². The quantitative estimate of drug-likeness (QED) is 0.834. The molecule has 122 valence electrons. The largest absolute Gasteiger partial charge is 0.493 e. The molecule has 1 aromatic carbocycles. The van der Waals surface area contributed by atoms with Crippen LogP contribution in [0.2, 0.25) is 0 Å². The fourth-order valence-electron chi connectivity index (χ4n) is 2.24. The molecule has 0 aliphatic rings. The van der Waals surface area contributed by atoms with E-state index in [1.807, 2.05) is 32.0 Å². The highest BCUT2D eigenvalue weighted by Crippen LogP contribution is 2.32. The molecule has 0 unspecified atom stereocenters. The van der Waals surface area contributed by atoms with Gasteiger partial charge in [0, 0.05) is 12.1 Å². The number of amides is 1. The summed E-state index contributed by atoms with van der Waals surface area (Å²) < 4.78 is 6.29. The van der Waals surface area contributed by atoms with E-state index >= 15 is 0 Å². The van der Waals surface area contributed by atoms with E-state index in [2.05, 4.69) is 31.2 Å². The number of hydrogen-bond acceptors (Lipinski definition) is 5. The first-order valence-corrected chi connectivity index (χ1v) is 8.12. The molecule has 0 saturated heterocycles. The molecule has 2 rings (SSSR count). The first-order chi connectivity index (χ1) is 11.0. The zero-order chi connectivity index (χ0) is 17.0. The lowest BCUT2D eigenvalue weighted by molar-refractivity contribution is 0.0955. The van der Waals surface area contributed by atoms with Crippen molar-refractivity contribution in [3.63, 3.8) is 0 Å². The minimum Gasteiger partial charge on any atom is -0.493 e. The van der Waals surface area contributed by atoms with Crippen molar-refractivity contribution in [2.45, 2.75) is 20.8 Å². The maximum atomic E-state index is 12.4. The summed E-state index contributed by atoms with van der Waals surface area (Å²) in [7, 11) is 0. The number of nitrogens with one attached hydrogen (secondary N) is 1. The van der Waals surface area contributed by atoms with Crippen LogP contribution < -0.4 is 15.8 Å². The highest BCUT2D eigenvalue weighted by atomic mass is 79.9. The number of halogens is 1. The van der Waals surface area contributed by atoms with Crippen LogP contribution in [0.5, 0.6) is 5.75 Å². The third-order valence-electron chi connectivity index (χ3n) is 3.18. The molecule has 0 atom stereocenters. The molecule has 0 aliphatic carbocycles. The number of carbonyl (C=O) groups is 1. The van der Waals surface area contributed by atoms with E-state index < -0.39 is 0 Å². The number of rotatable bonds is 5. The number of carbonyl (C=O) groups excluding carboxylic acids is 1. The Balaban J connectivity index is 2.58. The zero-order valence-corrected chi connectivity index (χ0v) is 14.9. The maximum absolute atomic E-state index is 12.4. The molecule has 1 aromatic heterocycles. The van der Waals surface area contributed by atoms with Crippen molar-refractivity contribution in [3.8, 4) is 17.0 Å². The van der Waals surface area contributed by atoms with Crippen LogP contribution in [0.3, 0.4) is 0 Å². The van der Waals surface area contributed by atoms with Crippen molar-refractivity contribution in [1.82, 2.24) is 15.3 Å². The predicted molar refractivity (Wildman–Crippen MR) is 93.5 cm³/mol. The minimum atomic E-state index is -0.218. The Morgan fingerprint density at radius 2 is 2.09 bits per heavy atom. The second-order valence-corrected chi connectivity index (χ2v) is 5.68. The van der Waals surface area contributed by atoms with Crippen molar-refractivity contribution >= 4 is 27.8 Å². The highest BCUT2D eigenvalue weighted by Gasteiger charge is 2.19. The van der Waals surface area contributed by atoms with Gasteiger partial charge in [0.15, 0.2) is 0 Å². The second-order valence-electron chi connectivity index (χ2n) is 4.83. The molecule has 6 nitrogen and oxygen atoms in total. The number of nitrogens with zero attached hydrogens (tertiary/aromatic N) is 2. The van der Waals surface area contributed by atoms with E-state index in [-0.39, 0.29) is 11.9 Å². The van der Waals surface area contributed by atoms with Gasteiger partial charge in [0.25, 0.3) is 5.91 Å². The highest BCUT2D eigenvalue weighted by molar-refractivity contribution is 9.10. The Labute approximate surface area is 143 Å². The van der Waals surface area contributed by atoms with Crippen LogP contribution in [0.4, 0.5) is 5.95 Å². The minimum absolute atomic E-state index is 0.135. The first kappa shape index (κ1) is 17.2. The zero-order valence-electron chi connectivity index (χ0n) is 13.3. The summed E-state index contributed by atoms with van der Waals surface area (Å²) in [6, 6.07) is 5.53. The van der Waals surface area contributed by atoms with Gasteiger partial charge in [0.05, 0.1) is 28.0 Å². The normalized spacial score (nSPS) is 10.4. The van der Waals surface area contributed by atoms with E-state index in [0.717, 1.165) is 15.8 Å². The number of aromatic nitrogens is 2. The van der Waals surface area contributed by atoms with Gasteiger partial charge >= 0.3 is 0 Å². The smallest absolute Gasteiger partial charge is 0.255 e. The van der Waals surface area contributed by atoms with Gasteiger partial charge in [-0.25, -0.2) is 9.97 Å². The molecular weight excluding hydrogens is 360 g/mol. The summed E-state index contributed by atoms with van der Waals surface area (Å²) in [5.41, 5.74) is 8.00. The van der Waals surface area contributed by atoms with Crippen LogP contribution >= 0.6 is 15.9 Å². The molecule has 0 bridgehead atoms. The van der Waals surface area contributed by atoms with Crippen LogP contribution in [-0.2, 0) is 0 Å². The van der Waals surface area contributed by atoms with Crippen LogP contribution in [0, 0.1) is 6.92 Å². The van der Waals surface area contributed by atoms with E-state index in [0.29, 0.717) is 30.1 Å². The summed E-state index contributed by atoms with van der Waals surface area (Å²) in [6.07, 6.45) is 0. The number of benzene rings is 1. The summed E-state index contributed by atoms with van der Waals surface area (Å²) >= 11 is 3.47. The molecule has 0 spiro atoms. The Kier molecular flexibility index (Phi) is 5.54. The summed E-state index contributed by atoms with van der Waals surface area (Å²) in [4.78, 5) is 20.7. The van der Waals surface area contributed by atoms with E-state index in [1.54, 1.807) is 6.92 Å². The molecular formula is C16H19BrN4O2. The molecule has 0 fully saturated rings. The average Bonchev–Trinajstić information content (AvgIpc) is 2.48. The first-order valence-electron chi connectivity index (χ1n) is 7.32. The molecule has 0 saturated carbocycles. The van der Waals surface area contributed by atoms with Crippen molar-refractivity contribution in [3.05, 3.63) is 33.9 Å². The van der Waals surface area contributed by atoms with Gasteiger partial charge in [-0.3, -0.25) is 4.79 Å². The third kappa shape index (κ3) is 3.79. The van der Waals surface area contributed by atoms with Gasteiger partial charge in [0.2, 0.25) is 5.95 Å². The van der Waals surface area contributed by atoms with Crippen LogP contribution in [0.1, 0.15) is 29.9 Å². The topological polar surface area (TPSA) is 90.1 Å². The lowest BCUT2D eigenvalue weighted by Crippen LogP contribution is -2.25. The summed E-state index contributed by atoms with van der Waals surface area (Å²) in [6.45, 7) is 6.62. The van der Waals surface area contributed by atoms with Crippen LogP contribution in [-0.4, -0.2) is 29.0 Å². The predicted octanol–water partition coefficient (Wildman–Crippen LogP) is 2.95. The van der Waals surface area contributed by atoms with Gasteiger partial charge in [-0.1, -0.05) is 0 Å². The van der Waals surface area contributed by atoms with E-state index in [1.165, 1.54) is 0 Å². The molecule has 23 heavy (non-hydrogen) atoms. The number of hydrogen-bond donors (Lipinski definition) is 2. The Bertz CT molecular complexity index is 734. The fraction of sp³-hybridized carbons (Fsp3) is 0.312. The van der Waals surface area contributed by atoms with Gasteiger partial charge < -0.3 is 15.8 Å². The SMILES string of the molecule is CCNC(=O)c1c(C)nc(N)nc1-c1ccc(OCC)c(Br)c1. The molecule has 1 heterocycles. The van der Waals surface area contributed by atoms with Gasteiger partial charge in [-0.05, 0) is 54.9 Å². The summed E-state index contributed by atoms with van der Waals surface area (Å²) in [5.74, 6) is 0.648. The maximum Gasteiger partial charge on any atom is 0.255 e. The number of nitrogens with two attached hydrogens (primary N) is 1. The number of nitrogen functional groups attached to an aromatic ring is 1. The molecule has 2 aromatic rings. The fourth-order valence-corrected chi connectivity index (χ4v) is 2.74.